The zero-order valence-corrected chi connectivity index (χ0v) is 11.1. The van der Waals surface area contributed by atoms with Crippen molar-refractivity contribution in [1.82, 2.24) is 10.1 Å². The average molecular weight is 241 g/mol. The molecule has 0 amide bonds. The molecule has 0 saturated carbocycles. The predicted molar refractivity (Wildman–Crippen MR) is 65.6 cm³/mol. The summed E-state index contributed by atoms with van der Waals surface area (Å²) in [7, 11) is 0. The first-order valence-corrected chi connectivity index (χ1v) is 6.23. The van der Waals surface area contributed by atoms with Crippen LogP contribution in [0, 0.1) is 5.92 Å². The van der Waals surface area contributed by atoms with Gasteiger partial charge >= 0.3 is 0 Å². The molecule has 5 nitrogen and oxygen atoms in total. The van der Waals surface area contributed by atoms with Gasteiger partial charge in [0.2, 0.25) is 5.89 Å². The second kappa shape index (κ2) is 6.71. The molecule has 1 aromatic heterocycles. The van der Waals surface area contributed by atoms with Gasteiger partial charge in [-0.1, -0.05) is 19.0 Å². The Balaban J connectivity index is 2.71. The molecule has 0 saturated heterocycles. The molecule has 0 radical (unpaired) electrons. The summed E-state index contributed by atoms with van der Waals surface area (Å²) < 4.78 is 10.7. The van der Waals surface area contributed by atoms with Gasteiger partial charge in [0.25, 0.3) is 0 Å². The van der Waals surface area contributed by atoms with Gasteiger partial charge in [-0.25, -0.2) is 0 Å². The molecule has 0 aliphatic rings. The lowest BCUT2D eigenvalue weighted by atomic mass is 9.97. The number of nitrogens with zero attached hydrogens (tertiary/aromatic N) is 2. The van der Waals surface area contributed by atoms with E-state index in [1.54, 1.807) is 0 Å². The van der Waals surface area contributed by atoms with E-state index in [1.807, 2.05) is 13.8 Å². The molecule has 2 N–H and O–H groups in total. The van der Waals surface area contributed by atoms with Crippen molar-refractivity contribution >= 4 is 0 Å². The Hall–Kier alpha value is -0.940. The van der Waals surface area contributed by atoms with E-state index in [4.69, 9.17) is 15.0 Å². The maximum absolute atomic E-state index is 5.74. The van der Waals surface area contributed by atoms with Crippen LogP contribution in [0.4, 0.5) is 0 Å². The Morgan fingerprint density at radius 3 is 2.59 bits per heavy atom. The summed E-state index contributed by atoms with van der Waals surface area (Å²) in [6.45, 7) is 9.34. The van der Waals surface area contributed by atoms with Gasteiger partial charge in [-0.05, 0) is 26.2 Å². The molecule has 0 aliphatic heterocycles. The molecule has 17 heavy (non-hydrogen) atoms. The van der Waals surface area contributed by atoms with Crippen LogP contribution in [0.25, 0.3) is 0 Å². The maximum Gasteiger partial charge on any atom is 0.231 e. The van der Waals surface area contributed by atoms with Crippen LogP contribution in [0.2, 0.25) is 0 Å². The predicted octanol–water partition coefficient (Wildman–Crippen LogP) is 2.26. The monoisotopic (exact) mass is 241 g/mol. The zero-order valence-electron chi connectivity index (χ0n) is 11.1. The molecule has 98 valence electrons. The van der Waals surface area contributed by atoms with Crippen LogP contribution in [0.1, 0.15) is 57.9 Å². The van der Waals surface area contributed by atoms with Gasteiger partial charge in [0.1, 0.15) is 6.10 Å². The highest BCUT2D eigenvalue weighted by molar-refractivity contribution is 4.97. The van der Waals surface area contributed by atoms with Gasteiger partial charge < -0.3 is 15.0 Å². The molecule has 1 heterocycles. The Labute approximate surface area is 103 Å². The van der Waals surface area contributed by atoms with Gasteiger partial charge in [-0.3, -0.25) is 0 Å². The van der Waals surface area contributed by atoms with E-state index in [2.05, 4.69) is 24.0 Å². The van der Waals surface area contributed by atoms with Crippen molar-refractivity contribution in [1.29, 1.82) is 0 Å². The molecule has 0 bridgehead atoms. The molecular formula is C12H23N3O2. The second-order valence-electron chi connectivity index (χ2n) is 4.65. The van der Waals surface area contributed by atoms with E-state index in [0.717, 1.165) is 6.42 Å². The molecular weight excluding hydrogens is 218 g/mol. The molecule has 1 aromatic rings. The van der Waals surface area contributed by atoms with Crippen LogP contribution >= 0.6 is 0 Å². The van der Waals surface area contributed by atoms with Gasteiger partial charge in [0.05, 0.1) is 5.92 Å². The van der Waals surface area contributed by atoms with Crippen molar-refractivity contribution in [2.24, 2.45) is 11.7 Å². The minimum absolute atomic E-state index is 0.130. The summed E-state index contributed by atoms with van der Waals surface area (Å²) >= 11 is 0. The van der Waals surface area contributed by atoms with E-state index in [0.29, 0.717) is 30.8 Å². The molecule has 1 rings (SSSR count). The van der Waals surface area contributed by atoms with E-state index < -0.39 is 0 Å². The van der Waals surface area contributed by atoms with Crippen LogP contribution < -0.4 is 5.73 Å². The van der Waals surface area contributed by atoms with Crippen molar-refractivity contribution < 1.29 is 9.26 Å². The number of hydrogen-bond donors (Lipinski definition) is 1. The minimum Gasteiger partial charge on any atom is -0.371 e. The Kier molecular flexibility index (Phi) is 5.58. The molecule has 0 spiro atoms. The smallest absolute Gasteiger partial charge is 0.231 e. The van der Waals surface area contributed by atoms with Gasteiger partial charge in [-0.15, -0.1) is 0 Å². The highest BCUT2D eigenvalue weighted by Crippen LogP contribution is 2.23. The maximum atomic E-state index is 5.74. The van der Waals surface area contributed by atoms with Gasteiger partial charge in [0.15, 0.2) is 5.82 Å². The molecule has 0 aliphatic carbocycles. The van der Waals surface area contributed by atoms with E-state index >= 15 is 0 Å². The van der Waals surface area contributed by atoms with Gasteiger partial charge in [-0.2, -0.15) is 4.98 Å². The van der Waals surface area contributed by atoms with E-state index in [9.17, 15) is 0 Å². The second-order valence-corrected chi connectivity index (χ2v) is 4.65. The summed E-state index contributed by atoms with van der Waals surface area (Å²) in [6.07, 6.45) is 0.830. The minimum atomic E-state index is -0.130. The van der Waals surface area contributed by atoms with Crippen LogP contribution in [-0.2, 0) is 4.74 Å². The van der Waals surface area contributed by atoms with Crippen LogP contribution in [-0.4, -0.2) is 23.3 Å². The first-order valence-electron chi connectivity index (χ1n) is 6.23. The summed E-state index contributed by atoms with van der Waals surface area (Å²) in [5.74, 6) is 1.93. The molecule has 0 aromatic carbocycles. The number of hydrogen-bond acceptors (Lipinski definition) is 5. The summed E-state index contributed by atoms with van der Waals surface area (Å²) in [5.41, 5.74) is 5.74. The Bertz CT molecular complexity index is 325. The summed E-state index contributed by atoms with van der Waals surface area (Å²) in [5, 5.41) is 3.94. The fraction of sp³-hybridized carbons (Fsp3) is 0.833. The first kappa shape index (κ1) is 14.1. The molecule has 2 unspecified atom stereocenters. The molecule has 0 fully saturated rings. The Morgan fingerprint density at radius 2 is 2.06 bits per heavy atom. The SMILES string of the molecule is CCOC(C)c1noc(C(CN)CC(C)C)n1. The van der Waals surface area contributed by atoms with E-state index in [-0.39, 0.29) is 12.0 Å². The number of nitrogens with two attached hydrogens (primary N) is 1. The average Bonchev–Trinajstić information content (AvgIpc) is 2.75. The number of ether oxygens (including phenoxy) is 1. The van der Waals surface area contributed by atoms with E-state index in [1.165, 1.54) is 0 Å². The standard InChI is InChI=1S/C12H23N3O2/c1-5-16-9(4)11-14-12(17-15-11)10(7-13)6-8(2)3/h8-10H,5-7,13H2,1-4H3. The third kappa shape index (κ3) is 4.09. The van der Waals surface area contributed by atoms with Crippen LogP contribution in [0.3, 0.4) is 0 Å². The zero-order chi connectivity index (χ0) is 12.8. The van der Waals surface area contributed by atoms with Crippen molar-refractivity contribution in [3.8, 4) is 0 Å². The lowest BCUT2D eigenvalue weighted by molar-refractivity contribution is 0.0683. The highest BCUT2D eigenvalue weighted by atomic mass is 16.5. The lowest BCUT2D eigenvalue weighted by Crippen LogP contribution is -2.15. The normalized spacial score (nSPS) is 15.2. The fourth-order valence-corrected chi connectivity index (χ4v) is 1.77. The number of aromatic nitrogens is 2. The quantitative estimate of drug-likeness (QED) is 0.792. The first-order chi connectivity index (χ1) is 8.08. The third-order valence-corrected chi connectivity index (χ3v) is 2.63. The van der Waals surface area contributed by atoms with Crippen molar-refractivity contribution in [3.63, 3.8) is 0 Å². The van der Waals surface area contributed by atoms with Crippen LogP contribution in [0.15, 0.2) is 4.52 Å². The largest absolute Gasteiger partial charge is 0.371 e. The summed E-state index contributed by atoms with van der Waals surface area (Å²) in [6, 6.07) is 0. The summed E-state index contributed by atoms with van der Waals surface area (Å²) in [4.78, 5) is 4.37. The highest BCUT2D eigenvalue weighted by Gasteiger charge is 2.21. The van der Waals surface area contributed by atoms with Gasteiger partial charge in [0, 0.05) is 13.2 Å². The molecule has 2 atom stereocenters. The Morgan fingerprint density at radius 1 is 1.35 bits per heavy atom. The molecule has 5 heteroatoms. The topological polar surface area (TPSA) is 74.2 Å². The van der Waals surface area contributed by atoms with Crippen molar-refractivity contribution in [2.75, 3.05) is 13.2 Å². The lowest BCUT2D eigenvalue weighted by Gasteiger charge is -2.12. The third-order valence-electron chi connectivity index (χ3n) is 2.63. The fourth-order valence-electron chi connectivity index (χ4n) is 1.77. The van der Waals surface area contributed by atoms with Crippen molar-refractivity contribution in [3.05, 3.63) is 11.7 Å². The van der Waals surface area contributed by atoms with Crippen molar-refractivity contribution in [2.45, 2.75) is 46.1 Å². The van der Waals surface area contributed by atoms with Crippen LogP contribution in [0.5, 0.6) is 0 Å². The number of rotatable bonds is 7.